The first-order valence-electron chi connectivity index (χ1n) is 7.80. The van der Waals surface area contributed by atoms with Crippen LogP contribution in [0.3, 0.4) is 0 Å². The largest absolute Gasteiger partial charge is 0.341 e. The summed E-state index contributed by atoms with van der Waals surface area (Å²) in [6.07, 6.45) is 6.35. The van der Waals surface area contributed by atoms with Gasteiger partial charge >= 0.3 is 0 Å². The molecule has 1 aliphatic rings. The van der Waals surface area contributed by atoms with Crippen molar-refractivity contribution in [2.45, 2.75) is 38.6 Å². The van der Waals surface area contributed by atoms with Gasteiger partial charge in [0.15, 0.2) is 0 Å². The lowest BCUT2D eigenvalue weighted by atomic mass is 10.2. The van der Waals surface area contributed by atoms with Crippen LogP contribution in [0.4, 0.5) is 5.95 Å². The molecule has 0 aromatic carbocycles. The van der Waals surface area contributed by atoms with E-state index in [1.807, 2.05) is 4.90 Å². The monoisotopic (exact) mass is 308 g/mol. The summed E-state index contributed by atoms with van der Waals surface area (Å²) >= 11 is 0. The molecule has 0 atom stereocenters. The van der Waals surface area contributed by atoms with Crippen molar-refractivity contribution in [3.8, 4) is 0 Å². The number of anilines is 1. The van der Waals surface area contributed by atoms with Gasteiger partial charge in [-0.2, -0.15) is 0 Å². The fraction of sp³-hybridized carbons (Fsp3) is 0.714. The number of rotatable bonds is 6. The molecule has 8 heteroatoms. The SMILES string of the molecule is CNCCC(=O)Nc1ncn(CC(=O)N2CCCCCC2)n1. The summed E-state index contributed by atoms with van der Waals surface area (Å²) in [7, 11) is 1.79. The van der Waals surface area contributed by atoms with E-state index < -0.39 is 0 Å². The van der Waals surface area contributed by atoms with Gasteiger partial charge in [0, 0.05) is 26.1 Å². The smallest absolute Gasteiger partial charge is 0.248 e. The molecule has 0 radical (unpaired) electrons. The number of amides is 2. The van der Waals surface area contributed by atoms with Crippen molar-refractivity contribution in [2.24, 2.45) is 0 Å². The van der Waals surface area contributed by atoms with Crippen LogP contribution >= 0.6 is 0 Å². The predicted octanol–water partition coefficient (Wildman–Crippen LogP) is 0.229. The van der Waals surface area contributed by atoms with E-state index in [1.165, 1.54) is 23.9 Å². The van der Waals surface area contributed by atoms with Crippen LogP contribution in [0, 0.1) is 0 Å². The van der Waals surface area contributed by atoms with Gasteiger partial charge in [-0.15, -0.1) is 5.10 Å². The van der Waals surface area contributed by atoms with Gasteiger partial charge in [-0.3, -0.25) is 14.9 Å². The molecule has 1 saturated heterocycles. The van der Waals surface area contributed by atoms with Gasteiger partial charge in [-0.05, 0) is 19.9 Å². The van der Waals surface area contributed by atoms with Crippen molar-refractivity contribution in [1.29, 1.82) is 0 Å². The maximum Gasteiger partial charge on any atom is 0.248 e. The highest BCUT2D eigenvalue weighted by molar-refractivity contribution is 5.88. The third-order valence-electron chi connectivity index (χ3n) is 3.65. The van der Waals surface area contributed by atoms with E-state index in [1.54, 1.807) is 7.05 Å². The summed E-state index contributed by atoms with van der Waals surface area (Å²) in [4.78, 5) is 29.7. The highest BCUT2D eigenvalue weighted by Gasteiger charge is 2.16. The van der Waals surface area contributed by atoms with Crippen molar-refractivity contribution in [2.75, 3.05) is 32.0 Å². The molecular weight excluding hydrogens is 284 g/mol. The van der Waals surface area contributed by atoms with Gasteiger partial charge < -0.3 is 10.2 Å². The van der Waals surface area contributed by atoms with Crippen molar-refractivity contribution >= 4 is 17.8 Å². The van der Waals surface area contributed by atoms with Crippen LogP contribution < -0.4 is 10.6 Å². The van der Waals surface area contributed by atoms with Crippen LogP contribution in [0.5, 0.6) is 0 Å². The maximum atomic E-state index is 12.2. The molecule has 1 fully saturated rings. The molecule has 2 rings (SSSR count). The number of hydrogen-bond donors (Lipinski definition) is 2. The maximum absolute atomic E-state index is 12.2. The normalized spacial score (nSPS) is 15.4. The second-order valence-electron chi connectivity index (χ2n) is 5.46. The molecule has 0 aliphatic carbocycles. The zero-order valence-corrected chi connectivity index (χ0v) is 13.0. The third kappa shape index (κ3) is 5.10. The molecule has 2 N–H and O–H groups in total. The molecule has 1 aromatic rings. The quantitative estimate of drug-likeness (QED) is 0.785. The summed E-state index contributed by atoms with van der Waals surface area (Å²) in [6.45, 7) is 2.40. The van der Waals surface area contributed by atoms with Crippen LogP contribution in [0.2, 0.25) is 0 Å². The van der Waals surface area contributed by atoms with Gasteiger partial charge in [0.1, 0.15) is 12.9 Å². The van der Waals surface area contributed by atoms with Crippen LogP contribution in [0.15, 0.2) is 6.33 Å². The summed E-state index contributed by atoms with van der Waals surface area (Å²) in [5.41, 5.74) is 0. The van der Waals surface area contributed by atoms with E-state index in [0.29, 0.717) is 13.0 Å². The minimum Gasteiger partial charge on any atom is -0.341 e. The van der Waals surface area contributed by atoms with Crippen molar-refractivity contribution in [3.05, 3.63) is 6.33 Å². The van der Waals surface area contributed by atoms with Crippen LogP contribution in [-0.4, -0.2) is 58.2 Å². The summed E-state index contributed by atoms with van der Waals surface area (Å²) in [5.74, 6) is 0.149. The summed E-state index contributed by atoms with van der Waals surface area (Å²) in [5, 5.41) is 9.64. The summed E-state index contributed by atoms with van der Waals surface area (Å²) in [6, 6.07) is 0. The Hall–Kier alpha value is -1.96. The number of aromatic nitrogens is 3. The fourth-order valence-corrected chi connectivity index (χ4v) is 2.41. The third-order valence-corrected chi connectivity index (χ3v) is 3.65. The van der Waals surface area contributed by atoms with E-state index in [4.69, 9.17) is 0 Å². The fourth-order valence-electron chi connectivity index (χ4n) is 2.41. The van der Waals surface area contributed by atoms with Crippen molar-refractivity contribution in [1.82, 2.24) is 25.0 Å². The zero-order chi connectivity index (χ0) is 15.8. The molecule has 0 unspecified atom stereocenters. The minimum atomic E-state index is -0.147. The second-order valence-corrected chi connectivity index (χ2v) is 5.46. The lowest BCUT2D eigenvalue weighted by Gasteiger charge is -2.19. The molecule has 22 heavy (non-hydrogen) atoms. The van der Waals surface area contributed by atoms with E-state index in [9.17, 15) is 9.59 Å². The molecule has 8 nitrogen and oxygen atoms in total. The van der Waals surface area contributed by atoms with Gasteiger partial charge in [0.2, 0.25) is 17.8 Å². The lowest BCUT2D eigenvalue weighted by molar-refractivity contribution is -0.132. The first-order valence-corrected chi connectivity index (χ1v) is 7.80. The highest BCUT2D eigenvalue weighted by atomic mass is 16.2. The van der Waals surface area contributed by atoms with Gasteiger partial charge in [-0.1, -0.05) is 12.8 Å². The number of hydrogen-bond acceptors (Lipinski definition) is 5. The highest BCUT2D eigenvalue weighted by Crippen LogP contribution is 2.10. The predicted molar refractivity (Wildman–Crippen MR) is 82.2 cm³/mol. The Kier molecular flexibility index (Phi) is 6.32. The Bertz CT molecular complexity index is 493. The lowest BCUT2D eigenvalue weighted by Crippen LogP contribution is -2.34. The molecule has 2 amide bonds. The molecule has 0 saturated carbocycles. The number of nitrogens with zero attached hydrogens (tertiary/aromatic N) is 4. The molecule has 1 aromatic heterocycles. The van der Waals surface area contributed by atoms with Crippen molar-refractivity contribution < 1.29 is 9.59 Å². The first-order chi connectivity index (χ1) is 10.7. The minimum absolute atomic E-state index is 0.0554. The average Bonchev–Trinajstić information content (AvgIpc) is 2.77. The Morgan fingerprint density at radius 2 is 1.95 bits per heavy atom. The van der Waals surface area contributed by atoms with E-state index in [0.717, 1.165) is 25.9 Å². The van der Waals surface area contributed by atoms with Crippen LogP contribution in [0.25, 0.3) is 0 Å². The average molecular weight is 308 g/mol. The van der Waals surface area contributed by atoms with E-state index in [2.05, 4.69) is 20.7 Å². The van der Waals surface area contributed by atoms with E-state index >= 15 is 0 Å². The molecule has 0 spiro atoms. The van der Waals surface area contributed by atoms with Crippen LogP contribution in [-0.2, 0) is 16.1 Å². The van der Waals surface area contributed by atoms with Gasteiger partial charge in [0.05, 0.1) is 0 Å². The molecule has 1 aliphatic heterocycles. The number of nitrogens with one attached hydrogen (secondary N) is 2. The summed E-state index contributed by atoms with van der Waals surface area (Å²) < 4.78 is 1.47. The zero-order valence-electron chi connectivity index (χ0n) is 13.0. The molecule has 2 heterocycles. The van der Waals surface area contributed by atoms with Crippen molar-refractivity contribution in [3.63, 3.8) is 0 Å². The molecular formula is C14H24N6O2. The van der Waals surface area contributed by atoms with Crippen LogP contribution in [0.1, 0.15) is 32.1 Å². The molecule has 122 valence electrons. The van der Waals surface area contributed by atoms with Gasteiger partial charge in [-0.25, -0.2) is 9.67 Å². The Morgan fingerprint density at radius 1 is 1.23 bits per heavy atom. The Morgan fingerprint density at radius 3 is 2.64 bits per heavy atom. The number of carbonyl (C=O) groups excluding carboxylic acids is 2. The number of carbonyl (C=O) groups is 2. The second kappa shape index (κ2) is 8.47. The Balaban J connectivity index is 1.83. The number of likely N-dealkylation sites (tertiary alicyclic amines) is 1. The topological polar surface area (TPSA) is 92.2 Å². The first kappa shape index (κ1) is 16.4. The molecule has 0 bridgehead atoms. The van der Waals surface area contributed by atoms with E-state index in [-0.39, 0.29) is 24.3 Å². The Labute approximate surface area is 130 Å². The van der Waals surface area contributed by atoms with Gasteiger partial charge in [0.25, 0.3) is 0 Å². The standard InChI is InChI=1S/C14H24N6O2/c1-15-7-6-12(21)17-14-16-11-20(18-14)10-13(22)19-8-4-2-3-5-9-19/h11,15H,2-10H2,1H3,(H,17,18,21).